The Morgan fingerprint density at radius 1 is 1.16 bits per heavy atom. The molecule has 3 amide bonds. The molecule has 0 bridgehead atoms. The van der Waals surface area contributed by atoms with Gasteiger partial charge in [0.15, 0.2) is 0 Å². The molecule has 1 saturated heterocycles. The smallest absolute Gasteiger partial charge is 0.336 e. The topological polar surface area (TPSA) is 49.9 Å². The van der Waals surface area contributed by atoms with Crippen LogP contribution in [0, 0.1) is 6.92 Å². The third-order valence-electron chi connectivity index (χ3n) is 5.14. The quantitative estimate of drug-likeness (QED) is 0.750. The predicted molar refractivity (Wildman–Crippen MR) is 96.0 cm³/mol. The van der Waals surface area contributed by atoms with E-state index < -0.39 is 0 Å². The van der Waals surface area contributed by atoms with Crippen LogP contribution in [0.2, 0.25) is 5.02 Å². The SMILES string of the molecule is Cc1cc(Cl)c(N2C(=O)C3=CCCCN3C2=O)cc1OC1CCCC1. The number of urea groups is 1. The van der Waals surface area contributed by atoms with Gasteiger partial charge in [-0.15, -0.1) is 0 Å². The Morgan fingerprint density at radius 3 is 2.64 bits per heavy atom. The number of halogens is 1. The molecule has 0 unspecified atom stereocenters. The highest BCUT2D eigenvalue weighted by Crippen LogP contribution is 2.39. The van der Waals surface area contributed by atoms with Crippen LogP contribution >= 0.6 is 11.6 Å². The summed E-state index contributed by atoms with van der Waals surface area (Å²) in [6, 6.07) is 3.19. The van der Waals surface area contributed by atoms with Crippen molar-refractivity contribution < 1.29 is 14.3 Å². The van der Waals surface area contributed by atoms with Crippen LogP contribution in [-0.4, -0.2) is 29.5 Å². The Bertz CT molecular complexity index is 768. The molecule has 25 heavy (non-hydrogen) atoms. The molecule has 2 heterocycles. The van der Waals surface area contributed by atoms with Gasteiger partial charge >= 0.3 is 6.03 Å². The fraction of sp³-hybridized carbons (Fsp3) is 0.474. The maximum Gasteiger partial charge on any atom is 0.336 e. The molecule has 5 nitrogen and oxygen atoms in total. The first kappa shape index (κ1) is 16.5. The Hall–Kier alpha value is -2.01. The second-order valence-corrected chi connectivity index (χ2v) is 7.31. The van der Waals surface area contributed by atoms with E-state index in [1.807, 2.05) is 13.0 Å². The molecule has 3 aliphatic rings. The van der Waals surface area contributed by atoms with Crippen LogP contribution in [0.25, 0.3) is 0 Å². The summed E-state index contributed by atoms with van der Waals surface area (Å²) in [5.41, 5.74) is 1.79. The number of hydrogen-bond donors (Lipinski definition) is 0. The van der Waals surface area contributed by atoms with Crippen LogP contribution in [0.4, 0.5) is 10.5 Å². The number of benzene rings is 1. The highest BCUT2D eigenvalue weighted by atomic mass is 35.5. The van der Waals surface area contributed by atoms with Gasteiger partial charge < -0.3 is 4.74 Å². The molecular formula is C19H21ClN2O3. The zero-order chi connectivity index (χ0) is 17.6. The van der Waals surface area contributed by atoms with E-state index in [2.05, 4.69) is 0 Å². The minimum absolute atomic E-state index is 0.201. The number of carbonyl (C=O) groups is 2. The lowest BCUT2D eigenvalue weighted by Gasteiger charge is -2.21. The van der Waals surface area contributed by atoms with Crippen LogP contribution in [0.3, 0.4) is 0 Å². The number of allylic oxidation sites excluding steroid dienone is 1. The first-order valence-electron chi connectivity index (χ1n) is 8.89. The number of amides is 3. The highest BCUT2D eigenvalue weighted by Gasteiger charge is 2.43. The predicted octanol–water partition coefficient (Wildman–Crippen LogP) is 4.42. The lowest BCUT2D eigenvalue weighted by atomic mass is 10.1. The van der Waals surface area contributed by atoms with Crippen LogP contribution in [0.1, 0.15) is 44.1 Å². The van der Waals surface area contributed by atoms with Crippen LogP contribution in [-0.2, 0) is 4.79 Å². The van der Waals surface area contributed by atoms with Crippen LogP contribution in [0.5, 0.6) is 5.75 Å². The number of aryl methyl sites for hydroxylation is 1. The van der Waals surface area contributed by atoms with E-state index in [0.29, 0.717) is 28.7 Å². The summed E-state index contributed by atoms with van der Waals surface area (Å²) < 4.78 is 6.11. The van der Waals surface area contributed by atoms with Gasteiger partial charge in [0.25, 0.3) is 5.91 Å². The second kappa shape index (κ2) is 6.37. The van der Waals surface area contributed by atoms with Crippen LogP contribution < -0.4 is 9.64 Å². The van der Waals surface area contributed by atoms with E-state index in [1.54, 1.807) is 17.0 Å². The average Bonchev–Trinajstić information content (AvgIpc) is 3.19. The van der Waals surface area contributed by atoms with Crippen molar-refractivity contribution in [2.45, 2.75) is 51.6 Å². The standard InChI is InChI=1S/C19H21ClN2O3/c1-12-10-14(20)16(11-17(12)25-13-6-2-3-7-13)22-18(23)15-8-4-5-9-21(15)19(22)24/h8,10-11,13H,2-7,9H2,1H3. The number of nitrogens with zero attached hydrogens (tertiary/aromatic N) is 2. The van der Waals surface area contributed by atoms with Crippen molar-refractivity contribution in [3.8, 4) is 5.75 Å². The highest BCUT2D eigenvalue weighted by molar-refractivity contribution is 6.37. The van der Waals surface area contributed by atoms with E-state index in [4.69, 9.17) is 16.3 Å². The van der Waals surface area contributed by atoms with Crippen molar-refractivity contribution >= 4 is 29.2 Å². The van der Waals surface area contributed by atoms with Gasteiger partial charge in [-0.25, -0.2) is 9.69 Å². The molecule has 0 N–H and O–H groups in total. The number of imide groups is 1. The van der Waals surface area contributed by atoms with E-state index in [1.165, 1.54) is 17.7 Å². The van der Waals surface area contributed by atoms with Gasteiger partial charge in [0, 0.05) is 12.6 Å². The Kier molecular flexibility index (Phi) is 4.20. The first-order chi connectivity index (χ1) is 12.1. The van der Waals surface area contributed by atoms with Crippen LogP contribution in [0.15, 0.2) is 23.9 Å². The van der Waals surface area contributed by atoms with Crippen molar-refractivity contribution in [2.24, 2.45) is 0 Å². The molecule has 6 heteroatoms. The molecule has 0 radical (unpaired) electrons. The monoisotopic (exact) mass is 360 g/mol. The maximum atomic E-state index is 12.7. The fourth-order valence-corrected chi connectivity index (χ4v) is 4.08. The van der Waals surface area contributed by atoms with E-state index in [9.17, 15) is 9.59 Å². The summed E-state index contributed by atoms with van der Waals surface area (Å²) in [7, 11) is 0. The summed E-state index contributed by atoms with van der Waals surface area (Å²) in [5, 5.41) is 0.387. The summed E-state index contributed by atoms with van der Waals surface area (Å²) in [4.78, 5) is 28.2. The molecule has 1 aliphatic carbocycles. The zero-order valence-corrected chi connectivity index (χ0v) is 15.0. The molecule has 2 aliphatic heterocycles. The Labute approximate surface area is 152 Å². The van der Waals surface area contributed by atoms with Gasteiger partial charge in [-0.3, -0.25) is 9.69 Å². The molecule has 1 saturated carbocycles. The molecule has 132 valence electrons. The van der Waals surface area contributed by atoms with Gasteiger partial charge in [0.2, 0.25) is 0 Å². The number of fused-ring (bicyclic) bond motifs is 1. The Balaban J connectivity index is 1.69. The van der Waals surface area contributed by atoms with Crippen molar-refractivity contribution in [1.82, 2.24) is 4.90 Å². The number of anilines is 1. The molecule has 2 fully saturated rings. The van der Waals surface area contributed by atoms with Gasteiger partial charge in [-0.1, -0.05) is 17.7 Å². The van der Waals surface area contributed by atoms with E-state index >= 15 is 0 Å². The fourth-order valence-electron chi connectivity index (χ4n) is 3.78. The molecular weight excluding hydrogens is 340 g/mol. The largest absolute Gasteiger partial charge is 0.490 e. The number of ether oxygens (including phenoxy) is 1. The van der Waals surface area contributed by atoms with Gasteiger partial charge in [-0.05, 0) is 57.1 Å². The minimum Gasteiger partial charge on any atom is -0.490 e. The lowest BCUT2D eigenvalue weighted by molar-refractivity contribution is -0.114. The molecule has 0 aromatic heterocycles. The molecule has 0 spiro atoms. The van der Waals surface area contributed by atoms with Gasteiger partial charge in [-0.2, -0.15) is 0 Å². The third kappa shape index (κ3) is 2.80. The third-order valence-corrected chi connectivity index (χ3v) is 5.44. The summed E-state index contributed by atoms with van der Waals surface area (Å²) >= 11 is 6.39. The molecule has 4 rings (SSSR count). The molecule has 1 aromatic rings. The molecule has 0 atom stereocenters. The average molecular weight is 361 g/mol. The Morgan fingerprint density at radius 2 is 1.92 bits per heavy atom. The second-order valence-electron chi connectivity index (χ2n) is 6.90. The number of rotatable bonds is 3. The summed E-state index contributed by atoms with van der Waals surface area (Å²) in [5.74, 6) is 0.396. The summed E-state index contributed by atoms with van der Waals surface area (Å²) in [6.07, 6.45) is 8.16. The maximum absolute atomic E-state index is 12.7. The van der Waals surface area contributed by atoms with Gasteiger partial charge in [0.05, 0.1) is 16.8 Å². The first-order valence-corrected chi connectivity index (χ1v) is 9.27. The number of carbonyl (C=O) groups excluding carboxylic acids is 2. The van der Waals surface area contributed by atoms with Crippen molar-refractivity contribution in [3.63, 3.8) is 0 Å². The normalized spacial score (nSPS) is 21.0. The van der Waals surface area contributed by atoms with Crippen molar-refractivity contribution in [3.05, 3.63) is 34.5 Å². The lowest BCUT2D eigenvalue weighted by Crippen LogP contribution is -2.34. The van der Waals surface area contributed by atoms with E-state index in [0.717, 1.165) is 31.2 Å². The zero-order valence-electron chi connectivity index (χ0n) is 14.3. The molecule has 1 aromatic carbocycles. The van der Waals surface area contributed by atoms with E-state index in [-0.39, 0.29) is 18.0 Å². The number of hydrogen-bond acceptors (Lipinski definition) is 3. The van der Waals surface area contributed by atoms with Crippen molar-refractivity contribution in [1.29, 1.82) is 0 Å². The summed E-state index contributed by atoms with van der Waals surface area (Å²) in [6.45, 7) is 2.50. The van der Waals surface area contributed by atoms with Crippen molar-refractivity contribution in [2.75, 3.05) is 11.4 Å². The minimum atomic E-state index is -0.325. The van der Waals surface area contributed by atoms with Gasteiger partial charge in [0.1, 0.15) is 11.4 Å².